The molecule has 0 heterocycles. The normalized spacial score (nSPS) is 15.9. The van der Waals surface area contributed by atoms with Gasteiger partial charge in [0.2, 0.25) is 0 Å². The lowest BCUT2D eigenvalue weighted by Gasteiger charge is -1.58. The van der Waals surface area contributed by atoms with Gasteiger partial charge in [-0.3, -0.25) is 4.39 Å². The van der Waals surface area contributed by atoms with Gasteiger partial charge in [-0.1, -0.05) is 0 Å². The predicted molar refractivity (Wildman–Crippen MR) is 31.5 cm³/mol. The minimum Gasteiger partial charge on any atom is -0.328 e. The Morgan fingerprint density at radius 2 is 1.57 bits per heavy atom. The molecule has 1 aliphatic rings. The Balaban J connectivity index is 0. The summed E-state index contributed by atoms with van der Waals surface area (Å²) in [4.78, 5) is 0. The van der Waals surface area contributed by atoms with Crippen molar-refractivity contribution in [3.8, 4) is 0 Å². The minimum atomic E-state index is 0. The first-order chi connectivity index (χ1) is 2.89. The maximum Gasteiger partial charge on any atom is 0.0785 e. The molecule has 0 unspecified atom stereocenters. The van der Waals surface area contributed by atoms with Gasteiger partial charge >= 0.3 is 0 Å². The van der Waals surface area contributed by atoms with Crippen LogP contribution in [0, 0.1) is 0 Å². The van der Waals surface area contributed by atoms with Gasteiger partial charge in [-0.2, -0.15) is 0 Å². The van der Waals surface area contributed by atoms with E-state index in [4.69, 9.17) is 5.73 Å². The van der Waals surface area contributed by atoms with Crippen molar-refractivity contribution in [2.75, 3.05) is 7.18 Å². The molecule has 1 rings (SSSR count). The SMILES string of the molecule is CF.Cl.NC1CC1. The van der Waals surface area contributed by atoms with Crippen LogP contribution in [0.5, 0.6) is 0 Å². The molecule has 0 aromatic rings. The fraction of sp³-hybridized carbons (Fsp3) is 1.00. The van der Waals surface area contributed by atoms with Crippen molar-refractivity contribution in [1.82, 2.24) is 0 Å². The highest BCUT2D eigenvalue weighted by atomic mass is 35.5. The summed E-state index contributed by atoms with van der Waals surface area (Å²) in [6.07, 6.45) is 2.53. The van der Waals surface area contributed by atoms with Crippen LogP contribution in [0.15, 0.2) is 0 Å². The van der Waals surface area contributed by atoms with Gasteiger partial charge in [0.1, 0.15) is 0 Å². The first-order valence-electron chi connectivity index (χ1n) is 2.03. The third-order valence-electron chi connectivity index (χ3n) is 0.622. The molecule has 0 amide bonds. The Kier molecular flexibility index (Phi) is 9.02. The molecule has 0 radical (unpaired) electrons. The third kappa shape index (κ3) is 10.7. The molecule has 0 aromatic carbocycles. The molecule has 0 saturated heterocycles. The molecule has 0 aromatic heterocycles. The first-order valence-corrected chi connectivity index (χ1v) is 2.03. The molecular formula is C4H11ClFN. The van der Waals surface area contributed by atoms with Gasteiger partial charge in [-0.25, -0.2) is 0 Å². The molecule has 1 aliphatic carbocycles. The van der Waals surface area contributed by atoms with Gasteiger partial charge in [0.25, 0.3) is 0 Å². The molecule has 46 valence electrons. The van der Waals surface area contributed by atoms with E-state index in [1.54, 1.807) is 0 Å². The van der Waals surface area contributed by atoms with Crippen molar-refractivity contribution in [3.63, 3.8) is 0 Å². The molecule has 2 N–H and O–H groups in total. The van der Waals surface area contributed by atoms with Crippen LogP contribution in [-0.2, 0) is 0 Å². The highest BCUT2D eigenvalue weighted by Gasteiger charge is 2.13. The summed E-state index contributed by atoms with van der Waals surface area (Å²) in [5.74, 6) is 0. The summed E-state index contributed by atoms with van der Waals surface area (Å²) in [6.45, 7) is 0. The summed E-state index contributed by atoms with van der Waals surface area (Å²) < 4.78 is 9.50. The van der Waals surface area contributed by atoms with Gasteiger partial charge in [0, 0.05) is 6.04 Å². The fourth-order valence-electron chi connectivity index (χ4n) is 0.0962. The Labute approximate surface area is 49.5 Å². The smallest absolute Gasteiger partial charge is 0.0785 e. The number of nitrogens with two attached hydrogens (primary N) is 1. The van der Waals surface area contributed by atoms with Crippen LogP contribution in [0.25, 0.3) is 0 Å². The molecular weight excluding hydrogens is 117 g/mol. The molecule has 7 heavy (non-hydrogen) atoms. The van der Waals surface area contributed by atoms with Crippen molar-refractivity contribution in [1.29, 1.82) is 0 Å². The summed E-state index contributed by atoms with van der Waals surface area (Å²) in [5.41, 5.74) is 5.22. The Morgan fingerprint density at radius 1 is 1.43 bits per heavy atom. The molecule has 1 fully saturated rings. The molecule has 0 aliphatic heterocycles. The van der Waals surface area contributed by atoms with Crippen LogP contribution in [-0.4, -0.2) is 13.2 Å². The number of halogens is 2. The highest BCUT2D eigenvalue weighted by Crippen LogP contribution is 2.13. The van der Waals surface area contributed by atoms with Crippen LogP contribution in [0.1, 0.15) is 12.8 Å². The van der Waals surface area contributed by atoms with E-state index in [1.165, 1.54) is 12.8 Å². The van der Waals surface area contributed by atoms with E-state index in [9.17, 15) is 4.39 Å². The van der Waals surface area contributed by atoms with Crippen LogP contribution < -0.4 is 5.73 Å². The fourth-order valence-corrected chi connectivity index (χ4v) is 0.0962. The molecule has 0 atom stereocenters. The van der Waals surface area contributed by atoms with E-state index < -0.39 is 0 Å². The summed E-state index contributed by atoms with van der Waals surface area (Å²) in [6, 6.07) is 0.583. The maximum atomic E-state index is 9.50. The predicted octanol–water partition coefficient (Wildman–Crippen LogP) is 1.12. The van der Waals surface area contributed by atoms with Crippen LogP contribution in [0.3, 0.4) is 0 Å². The van der Waals surface area contributed by atoms with Gasteiger partial charge < -0.3 is 5.73 Å². The summed E-state index contributed by atoms with van der Waals surface area (Å²) in [7, 11) is 0.500. The molecule has 1 saturated carbocycles. The Bertz CT molecular complexity index is 30.9. The van der Waals surface area contributed by atoms with Crippen molar-refractivity contribution in [3.05, 3.63) is 0 Å². The van der Waals surface area contributed by atoms with E-state index in [1.807, 2.05) is 0 Å². The maximum absolute atomic E-state index is 9.50. The number of hydrogen-bond acceptors (Lipinski definition) is 1. The Morgan fingerprint density at radius 3 is 1.57 bits per heavy atom. The van der Waals surface area contributed by atoms with E-state index in [0.29, 0.717) is 13.2 Å². The minimum absolute atomic E-state index is 0. The first kappa shape index (κ1) is 10.2. The molecule has 1 nitrogen and oxygen atoms in total. The third-order valence-corrected chi connectivity index (χ3v) is 0.622. The van der Waals surface area contributed by atoms with Crippen LogP contribution in [0.4, 0.5) is 4.39 Å². The van der Waals surface area contributed by atoms with E-state index >= 15 is 0 Å². The lowest BCUT2D eigenvalue weighted by atomic mass is 10.8. The van der Waals surface area contributed by atoms with E-state index in [0.717, 1.165) is 0 Å². The second-order valence-electron chi connectivity index (χ2n) is 1.34. The zero-order valence-electron chi connectivity index (χ0n) is 4.36. The van der Waals surface area contributed by atoms with E-state index in [2.05, 4.69) is 0 Å². The van der Waals surface area contributed by atoms with Crippen molar-refractivity contribution in [2.45, 2.75) is 18.9 Å². The Hall–Kier alpha value is 0.180. The molecule has 0 bridgehead atoms. The summed E-state index contributed by atoms with van der Waals surface area (Å²) >= 11 is 0. The molecule has 3 heteroatoms. The second kappa shape index (κ2) is 6.18. The standard InChI is InChI=1S/C3H7N.CH3F.ClH/c4-3-1-2-3;1-2;/h3H,1-2,4H2;1H3;1H. The van der Waals surface area contributed by atoms with Gasteiger partial charge in [0.05, 0.1) is 7.18 Å². The number of rotatable bonds is 0. The topological polar surface area (TPSA) is 26.0 Å². The zero-order valence-corrected chi connectivity index (χ0v) is 5.17. The second-order valence-corrected chi connectivity index (χ2v) is 1.34. The summed E-state index contributed by atoms with van der Waals surface area (Å²) in [5, 5.41) is 0. The van der Waals surface area contributed by atoms with Crippen LogP contribution in [0.2, 0.25) is 0 Å². The average Bonchev–Trinajstić information content (AvgIpc) is 2.30. The number of alkyl halides is 1. The van der Waals surface area contributed by atoms with Gasteiger partial charge in [-0.15, -0.1) is 12.4 Å². The lowest BCUT2D eigenvalue weighted by Crippen LogP contribution is -1.94. The molecule has 0 spiro atoms. The zero-order chi connectivity index (χ0) is 4.99. The highest BCUT2D eigenvalue weighted by molar-refractivity contribution is 5.85. The van der Waals surface area contributed by atoms with Gasteiger partial charge in [0.15, 0.2) is 0 Å². The monoisotopic (exact) mass is 127 g/mol. The van der Waals surface area contributed by atoms with Crippen molar-refractivity contribution < 1.29 is 4.39 Å². The van der Waals surface area contributed by atoms with E-state index in [-0.39, 0.29) is 12.4 Å². The van der Waals surface area contributed by atoms with Crippen molar-refractivity contribution >= 4 is 12.4 Å². The quantitative estimate of drug-likeness (QED) is 0.519. The van der Waals surface area contributed by atoms with Gasteiger partial charge in [-0.05, 0) is 12.8 Å². The largest absolute Gasteiger partial charge is 0.328 e. The van der Waals surface area contributed by atoms with Crippen molar-refractivity contribution in [2.24, 2.45) is 5.73 Å². The lowest BCUT2D eigenvalue weighted by molar-refractivity contribution is 0.636. The number of hydrogen-bond donors (Lipinski definition) is 1. The van der Waals surface area contributed by atoms with Crippen LogP contribution >= 0.6 is 12.4 Å². The average molecular weight is 128 g/mol.